The Balaban J connectivity index is 1.62. The van der Waals surface area contributed by atoms with Gasteiger partial charge in [0.05, 0.1) is 23.4 Å². The van der Waals surface area contributed by atoms with Gasteiger partial charge in [0.1, 0.15) is 5.75 Å². The number of nitrogens with one attached hydrogen (secondary N) is 1. The summed E-state index contributed by atoms with van der Waals surface area (Å²) in [5, 5.41) is 2.89. The largest absolute Gasteiger partial charge is 0.484 e. The Labute approximate surface area is 148 Å². The predicted molar refractivity (Wildman–Crippen MR) is 89.5 cm³/mol. The first-order valence-electron chi connectivity index (χ1n) is 7.27. The van der Waals surface area contributed by atoms with Crippen LogP contribution < -0.4 is 19.5 Å². The molecule has 1 aliphatic rings. The molecule has 1 amide bonds. The van der Waals surface area contributed by atoms with Crippen molar-refractivity contribution in [2.45, 2.75) is 0 Å². The minimum Gasteiger partial charge on any atom is -0.484 e. The molecular formula is C17H14ClNO6. The molecule has 3 rings (SSSR count). The van der Waals surface area contributed by atoms with Gasteiger partial charge in [-0.05, 0) is 30.3 Å². The third-order valence-corrected chi connectivity index (χ3v) is 3.71. The summed E-state index contributed by atoms with van der Waals surface area (Å²) < 4.78 is 20.5. The Morgan fingerprint density at radius 3 is 2.76 bits per heavy atom. The zero-order valence-electron chi connectivity index (χ0n) is 13.2. The quantitative estimate of drug-likeness (QED) is 0.822. The van der Waals surface area contributed by atoms with E-state index in [2.05, 4.69) is 10.1 Å². The number of rotatable bonds is 5. The fraction of sp³-hybridized carbons (Fsp3) is 0.176. The number of anilines is 1. The number of carbonyl (C=O) groups is 2. The summed E-state index contributed by atoms with van der Waals surface area (Å²) in [6.07, 6.45) is 0. The Hall–Kier alpha value is -2.93. The zero-order valence-corrected chi connectivity index (χ0v) is 14.0. The summed E-state index contributed by atoms with van der Waals surface area (Å²) in [5.74, 6) is 0.703. The molecule has 8 heteroatoms. The van der Waals surface area contributed by atoms with Crippen molar-refractivity contribution in [3.63, 3.8) is 0 Å². The van der Waals surface area contributed by atoms with Crippen LogP contribution in [0.3, 0.4) is 0 Å². The molecule has 1 aliphatic heterocycles. The van der Waals surface area contributed by atoms with E-state index < -0.39 is 11.9 Å². The second-order valence-corrected chi connectivity index (χ2v) is 5.45. The summed E-state index contributed by atoms with van der Waals surface area (Å²) in [4.78, 5) is 23.6. The average Bonchev–Trinajstić information content (AvgIpc) is 3.09. The van der Waals surface area contributed by atoms with Crippen LogP contribution in [0, 0.1) is 0 Å². The van der Waals surface area contributed by atoms with Crippen molar-refractivity contribution in [1.82, 2.24) is 0 Å². The fourth-order valence-electron chi connectivity index (χ4n) is 2.17. The third kappa shape index (κ3) is 3.95. The van der Waals surface area contributed by atoms with Gasteiger partial charge in [-0.3, -0.25) is 4.79 Å². The van der Waals surface area contributed by atoms with Crippen LogP contribution in [-0.4, -0.2) is 32.4 Å². The van der Waals surface area contributed by atoms with E-state index in [-0.39, 0.29) is 19.0 Å². The molecular weight excluding hydrogens is 350 g/mol. The number of hydrogen-bond acceptors (Lipinski definition) is 6. The van der Waals surface area contributed by atoms with Crippen LogP contribution in [0.1, 0.15) is 10.4 Å². The number of amides is 1. The van der Waals surface area contributed by atoms with E-state index in [1.165, 1.54) is 25.3 Å². The molecule has 0 bridgehead atoms. The number of esters is 1. The zero-order chi connectivity index (χ0) is 17.8. The first-order valence-corrected chi connectivity index (χ1v) is 7.65. The van der Waals surface area contributed by atoms with E-state index in [0.29, 0.717) is 28.0 Å². The first-order chi connectivity index (χ1) is 12.1. The van der Waals surface area contributed by atoms with Crippen LogP contribution in [0.2, 0.25) is 5.02 Å². The van der Waals surface area contributed by atoms with Crippen LogP contribution in [0.5, 0.6) is 17.2 Å². The number of halogens is 1. The monoisotopic (exact) mass is 363 g/mol. The first kappa shape index (κ1) is 16.9. The minimum atomic E-state index is -0.524. The molecule has 0 saturated carbocycles. The SMILES string of the molecule is COC(=O)c1ccc(Cl)c(NC(=O)COc2ccc3c(c2)OCO3)c1. The van der Waals surface area contributed by atoms with Gasteiger partial charge >= 0.3 is 5.97 Å². The highest BCUT2D eigenvalue weighted by Crippen LogP contribution is 2.35. The molecule has 0 aromatic heterocycles. The lowest BCUT2D eigenvalue weighted by Crippen LogP contribution is -2.20. The van der Waals surface area contributed by atoms with E-state index in [1.807, 2.05) is 0 Å². The Bertz CT molecular complexity index is 823. The fourth-order valence-corrected chi connectivity index (χ4v) is 2.33. The summed E-state index contributed by atoms with van der Waals surface area (Å²) in [6, 6.07) is 9.46. The number of carbonyl (C=O) groups excluding carboxylic acids is 2. The molecule has 0 atom stereocenters. The van der Waals surface area contributed by atoms with Crippen LogP contribution >= 0.6 is 11.6 Å². The smallest absolute Gasteiger partial charge is 0.337 e. The van der Waals surface area contributed by atoms with Crippen molar-refractivity contribution in [3.05, 3.63) is 47.0 Å². The molecule has 7 nitrogen and oxygen atoms in total. The normalized spacial score (nSPS) is 11.8. The Kier molecular flexibility index (Phi) is 4.95. The number of hydrogen-bond donors (Lipinski definition) is 1. The van der Waals surface area contributed by atoms with Gasteiger partial charge < -0.3 is 24.3 Å². The highest BCUT2D eigenvalue weighted by Gasteiger charge is 2.15. The van der Waals surface area contributed by atoms with Gasteiger partial charge in [-0.25, -0.2) is 4.79 Å². The van der Waals surface area contributed by atoms with Crippen molar-refractivity contribution in [3.8, 4) is 17.2 Å². The van der Waals surface area contributed by atoms with Gasteiger partial charge in [0.2, 0.25) is 6.79 Å². The Morgan fingerprint density at radius 1 is 1.16 bits per heavy atom. The molecule has 2 aromatic rings. The number of fused-ring (bicyclic) bond motifs is 1. The summed E-state index contributed by atoms with van der Waals surface area (Å²) in [7, 11) is 1.27. The van der Waals surface area contributed by atoms with Crippen LogP contribution in [0.25, 0.3) is 0 Å². The van der Waals surface area contributed by atoms with E-state index in [4.69, 9.17) is 25.8 Å². The van der Waals surface area contributed by atoms with Crippen molar-refractivity contribution < 1.29 is 28.5 Å². The van der Waals surface area contributed by atoms with Gasteiger partial charge in [0.25, 0.3) is 5.91 Å². The highest BCUT2D eigenvalue weighted by molar-refractivity contribution is 6.33. The van der Waals surface area contributed by atoms with Crippen molar-refractivity contribution in [2.24, 2.45) is 0 Å². The molecule has 0 aliphatic carbocycles. The maximum atomic E-state index is 12.1. The van der Waals surface area contributed by atoms with Gasteiger partial charge in [0, 0.05) is 6.07 Å². The number of benzene rings is 2. The van der Waals surface area contributed by atoms with Crippen LogP contribution in [0.15, 0.2) is 36.4 Å². The maximum Gasteiger partial charge on any atom is 0.337 e. The molecule has 1 heterocycles. The molecule has 0 spiro atoms. The van der Waals surface area contributed by atoms with Gasteiger partial charge in [0.15, 0.2) is 18.1 Å². The van der Waals surface area contributed by atoms with Gasteiger partial charge in [-0.1, -0.05) is 11.6 Å². The molecule has 25 heavy (non-hydrogen) atoms. The maximum absolute atomic E-state index is 12.1. The summed E-state index contributed by atoms with van der Waals surface area (Å²) in [5.41, 5.74) is 0.572. The second-order valence-electron chi connectivity index (χ2n) is 5.04. The summed E-state index contributed by atoms with van der Waals surface area (Å²) in [6.45, 7) is -0.0767. The molecule has 1 N–H and O–H groups in total. The number of methoxy groups -OCH3 is 1. The Morgan fingerprint density at radius 2 is 1.96 bits per heavy atom. The van der Waals surface area contributed by atoms with Crippen molar-refractivity contribution in [2.75, 3.05) is 25.8 Å². The molecule has 0 unspecified atom stereocenters. The lowest BCUT2D eigenvalue weighted by molar-refractivity contribution is -0.118. The number of ether oxygens (including phenoxy) is 4. The lowest BCUT2D eigenvalue weighted by Gasteiger charge is -2.10. The van der Waals surface area contributed by atoms with Crippen molar-refractivity contribution >= 4 is 29.2 Å². The standard InChI is InChI=1S/C17H14ClNO6/c1-22-17(21)10-2-4-12(18)13(6-10)19-16(20)8-23-11-3-5-14-15(7-11)25-9-24-14/h2-7H,8-9H2,1H3,(H,19,20). The van der Waals surface area contributed by atoms with E-state index in [9.17, 15) is 9.59 Å². The molecule has 0 fully saturated rings. The molecule has 130 valence electrons. The van der Waals surface area contributed by atoms with Crippen LogP contribution in [0.4, 0.5) is 5.69 Å². The topological polar surface area (TPSA) is 83.1 Å². The van der Waals surface area contributed by atoms with Crippen LogP contribution in [-0.2, 0) is 9.53 Å². The van der Waals surface area contributed by atoms with E-state index >= 15 is 0 Å². The summed E-state index contributed by atoms with van der Waals surface area (Å²) >= 11 is 6.03. The van der Waals surface area contributed by atoms with E-state index in [1.54, 1.807) is 18.2 Å². The van der Waals surface area contributed by atoms with Gasteiger partial charge in [-0.15, -0.1) is 0 Å². The minimum absolute atomic E-state index is 0.161. The predicted octanol–water partition coefficient (Wildman–Crippen LogP) is 2.87. The second kappa shape index (κ2) is 7.31. The van der Waals surface area contributed by atoms with Gasteiger partial charge in [-0.2, -0.15) is 0 Å². The highest BCUT2D eigenvalue weighted by atomic mass is 35.5. The average molecular weight is 364 g/mol. The van der Waals surface area contributed by atoms with E-state index in [0.717, 1.165) is 0 Å². The van der Waals surface area contributed by atoms with Crippen molar-refractivity contribution in [1.29, 1.82) is 0 Å². The molecule has 0 saturated heterocycles. The molecule has 2 aromatic carbocycles. The molecule has 0 radical (unpaired) electrons. The third-order valence-electron chi connectivity index (χ3n) is 3.38. The lowest BCUT2D eigenvalue weighted by atomic mass is 10.2.